The molecule has 5 nitrogen and oxygen atoms in total. The topological polar surface area (TPSA) is 62.5 Å². The minimum Gasteiger partial charge on any atom is -0.479 e. The molecule has 2 heterocycles. The second kappa shape index (κ2) is 5.50. The highest BCUT2D eigenvalue weighted by atomic mass is 35.5. The van der Waals surface area contributed by atoms with Crippen molar-refractivity contribution >= 4 is 23.5 Å². The van der Waals surface area contributed by atoms with Crippen LogP contribution in [0.1, 0.15) is 27.7 Å². The van der Waals surface area contributed by atoms with Crippen molar-refractivity contribution in [1.82, 2.24) is 9.47 Å². The Morgan fingerprint density at radius 1 is 1.32 bits per heavy atom. The maximum absolute atomic E-state index is 12.7. The molecule has 1 aromatic heterocycles. The monoisotopic (exact) mass is 318 g/mol. The predicted octanol–water partition coefficient (Wildman–Crippen LogP) is 2.50. The summed E-state index contributed by atoms with van der Waals surface area (Å²) in [5.41, 5.74) is 2.04. The van der Waals surface area contributed by atoms with Crippen molar-refractivity contribution in [3.63, 3.8) is 0 Å². The van der Waals surface area contributed by atoms with Crippen LogP contribution in [0, 0.1) is 0 Å². The molecule has 0 radical (unpaired) electrons. The molecule has 1 amide bonds. The highest BCUT2D eigenvalue weighted by Crippen LogP contribution is 2.31. The molecule has 1 aliphatic heterocycles. The zero-order chi connectivity index (χ0) is 15.9. The smallest absolute Gasteiger partial charge is 0.331 e. The van der Waals surface area contributed by atoms with Crippen LogP contribution in [-0.2, 0) is 18.3 Å². The Morgan fingerprint density at radius 3 is 2.68 bits per heavy atom. The molecule has 1 atom stereocenters. The van der Waals surface area contributed by atoms with Crippen molar-refractivity contribution in [3.05, 3.63) is 58.4 Å². The largest absolute Gasteiger partial charge is 0.479 e. The van der Waals surface area contributed by atoms with E-state index in [-0.39, 0.29) is 5.91 Å². The maximum Gasteiger partial charge on any atom is 0.331 e. The lowest BCUT2D eigenvalue weighted by Crippen LogP contribution is -2.44. The molecule has 0 bridgehead atoms. The van der Waals surface area contributed by atoms with Gasteiger partial charge in [0.15, 0.2) is 6.04 Å². The van der Waals surface area contributed by atoms with Gasteiger partial charge >= 0.3 is 5.97 Å². The molecule has 6 heteroatoms. The van der Waals surface area contributed by atoms with Crippen molar-refractivity contribution in [1.29, 1.82) is 0 Å². The molecule has 1 N–H and O–H groups in total. The Morgan fingerprint density at radius 2 is 2.05 bits per heavy atom. The normalized spacial score (nSPS) is 17.2. The quantitative estimate of drug-likeness (QED) is 0.925. The number of benzene rings is 1. The van der Waals surface area contributed by atoms with Crippen LogP contribution < -0.4 is 0 Å². The van der Waals surface area contributed by atoms with Crippen molar-refractivity contribution in [2.45, 2.75) is 12.5 Å². The fraction of sp³-hybridized carbons (Fsp3) is 0.250. The number of nitrogens with zero attached hydrogens (tertiary/aromatic N) is 2. The van der Waals surface area contributed by atoms with Gasteiger partial charge in [0, 0.05) is 19.8 Å². The first-order valence-corrected chi connectivity index (χ1v) is 7.30. The molecule has 0 saturated heterocycles. The van der Waals surface area contributed by atoms with E-state index in [1.54, 1.807) is 36.0 Å². The molecule has 3 rings (SSSR count). The van der Waals surface area contributed by atoms with Crippen LogP contribution in [0.5, 0.6) is 0 Å². The van der Waals surface area contributed by atoms with Crippen LogP contribution in [0.2, 0.25) is 5.02 Å². The van der Waals surface area contributed by atoms with Gasteiger partial charge in [0.1, 0.15) is 5.69 Å². The summed E-state index contributed by atoms with van der Waals surface area (Å²) in [4.78, 5) is 25.9. The first-order chi connectivity index (χ1) is 10.5. The van der Waals surface area contributed by atoms with Crippen LogP contribution in [0.15, 0.2) is 36.5 Å². The average molecular weight is 319 g/mol. The summed E-state index contributed by atoms with van der Waals surface area (Å²) >= 11 is 5.92. The molecule has 1 unspecified atom stereocenters. The number of carboxylic acids is 1. The number of aromatic nitrogens is 1. The van der Waals surface area contributed by atoms with Crippen molar-refractivity contribution in [3.8, 4) is 0 Å². The summed E-state index contributed by atoms with van der Waals surface area (Å²) in [7, 11) is 1.72. The fourth-order valence-electron chi connectivity index (χ4n) is 2.94. The van der Waals surface area contributed by atoms with E-state index in [0.717, 1.165) is 5.56 Å². The summed E-state index contributed by atoms with van der Waals surface area (Å²) in [6.45, 7) is 0.371. The SMILES string of the molecule is Cn1cc(Cl)cc1C(=O)N1CCc2ccccc2C1C(=O)O. The third-order valence-corrected chi connectivity index (χ3v) is 4.18. The third-order valence-electron chi connectivity index (χ3n) is 3.97. The van der Waals surface area contributed by atoms with Gasteiger partial charge in [0.2, 0.25) is 0 Å². The number of carboxylic acid groups (broad SMARTS) is 1. The van der Waals surface area contributed by atoms with Gasteiger partial charge in [-0.3, -0.25) is 4.79 Å². The first kappa shape index (κ1) is 14.7. The van der Waals surface area contributed by atoms with E-state index >= 15 is 0 Å². The van der Waals surface area contributed by atoms with Gasteiger partial charge < -0.3 is 14.6 Å². The second-order valence-electron chi connectivity index (χ2n) is 5.34. The number of fused-ring (bicyclic) bond motifs is 1. The van der Waals surface area contributed by atoms with E-state index in [1.165, 1.54) is 4.90 Å². The standard InChI is InChI=1S/C16H15ClN2O3/c1-18-9-11(17)8-13(18)15(20)19-7-6-10-4-2-3-5-12(10)14(19)16(21)22/h2-5,8-9,14H,6-7H2,1H3,(H,21,22). The van der Waals surface area contributed by atoms with Gasteiger partial charge in [-0.25, -0.2) is 4.79 Å². The number of amides is 1. The Kier molecular flexibility index (Phi) is 3.66. The summed E-state index contributed by atoms with van der Waals surface area (Å²) in [5.74, 6) is -1.35. The zero-order valence-corrected chi connectivity index (χ0v) is 12.7. The summed E-state index contributed by atoms with van der Waals surface area (Å²) in [6.07, 6.45) is 2.27. The number of hydrogen-bond acceptors (Lipinski definition) is 2. The molecule has 2 aromatic rings. The van der Waals surface area contributed by atoms with E-state index in [2.05, 4.69) is 0 Å². The summed E-state index contributed by atoms with van der Waals surface area (Å²) in [6, 6.07) is 7.95. The number of carbonyl (C=O) groups excluding carboxylic acids is 1. The Balaban J connectivity index is 2.02. The summed E-state index contributed by atoms with van der Waals surface area (Å²) in [5, 5.41) is 10.1. The number of rotatable bonds is 2. The highest BCUT2D eigenvalue weighted by molar-refractivity contribution is 6.31. The molecule has 0 fully saturated rings. The lowest BCUT2D eigenvalue weighted by atomic mass is 9.92. The predicted molar refractivity (Wildman–Crippen MR) is 82.0 cm³/mol. The number of halogens is 1. The Labute approximate surface area is 132 Å². The number of carbonyl (C=O) groups is 2. The van der Waals surface area contributed by atoms with Crippen LogP contribution in [0.3, 0.4) is 0 Å². The molecular weight excluding hydrogens is 304 g/mol. The molecule has 114 valence electrons. The van der Waals surface area contributed by atoms with Gasteiger partial charge in [-0.05, 0) is 23.6 Å². The summed E-state index contributed by atoms with van der Waals surface area (Å²) < 4.78 is 1.62. The van der Waals surface area contributed by atoms with E-state index in [1.807, 2.05) is 12.1 Å². The Bertz CT molecular complexity index is 754. The molecule has 1 aromatic carbocycles. The van der Waals surface area contributed by atoms with Gasteiger partial charge in [-0.15, -0.1) is 0 Å². The number of aliphatic carboxylic acids is 1. The van der Waals surface area contributed by atoms with E-state index in [9.17, 15) is 14.7 Å². The van der Waals surface area contributed by atoms with Crippen molar-refractivity contribution in [2.24, 2.45) is 7.05 Å². The zero-order valence-electron chi connectivity index (χ0n) is 12.0. The molecule has 0 spiro atoms. The molecule has 22 heavy (non-hydrogen) atoms. The van der Waals surface area contributed by atoms with Crippen LogP contribution in [-0.4, -0.2) is 33.0 Å². The minimum atomic E-state index is -1.03. The lowest BCUT2D eigenvalue weighted by Gasteiger charge is -2.34. The van der Waals surface area contributed by atoms with Crippen LogP contribution in [0.25, 0.3) is 0 Å². The first-order valence-electron chi connectivity index (χ1n) is 6.92. The van der Waals surface area contributed by atoms with Crippen LogP contribution in [0.4, 0.5) is 0 Å². The fourth-order valence-corrected chi connectivity index (χ4v) is 3.19. The van der Waals surface area contributed by atoms with Gasteiger partial charge in [-0.2, -0.15) is 0 Å². The molecule has 1 aliphatic rings. The van der Waals surface area contributed by atoms with E-state index < -0.39 is 12.0 Å². The average Bonchev–Trinajstić information content (AvgIpc) is 2.83. The Hall–Kier alpha value is -2.27. The van der Waals surface area contributed by atoms with Gasteiger partial charge in [0.05, 0.1) is 5.02 Å². The van der Waals surface area contributed by atoms with E-state index in [4.69, 9.17) is 11.6 Å². The second-order valence-corrected chi connectivity index (χ2v) is 5.78. The maximum atomic E-state index is 12.7. The number of aryl methyl sites for hydroxylation is 1. The molecule has 0 saturated carbocycles. The third kappa shape index (κ3) is 2.37. The van der Waals surface area contributed by atoms with E-state index in [0.29, 0.717) is 29.2 Å². The van der Waals surface area contributed by atoms with Gasteiger partial charge in [-0.1, -0.05) is 35.9 Å². The minimum absolute atomic E-state index is 0.323. The highest BCUT2D eigenvalue weighted by Gasteiger charge is 2.36. The van der Waals surface area contributed by atoms with Gasteiger partial charge in [0.25, 0.3) is 5.91 Å². The lowest BCUT2D eigenvalue weighted by molar-refractivity contribution is -0.143. The molecular formula is C16H15ClN2O3. The van der Waals surface area contributed by atoms with Crippen LogP contribution >= 0.6 is 11.6 Å². The van der Waals surface area contributed by atoms with Crippen molar-refractivity contribution in [2.75, 3.05) is 6.54 Å². The molecule has 0 aliphatic carbocycles. The van der Waals surface area contributed by atoms with Crippen molar-refractivity contribution < 1.29 is 14.7 Å². The number of hydrogen-bond donors (Lipinski definition) is 1.